The van der Waals surface area contributed by atoms with E-state index in [1.54, 1.807) is 27.0 Å². The Morgan fingerprint density at radius 2 is 1.74 bits per heavy atom. The quantitative estimate of drug-likeness (QED) is 0.142. The maximum Gasteiger partial charge on any atom is 0.407 e. The minimum Gasteiger partial charge on any atom is -0.444 e. The van der Waals surface area contributed by atoms with Crippen molar-refractivity contribution in [3.8, 4) is 0 Å². The first-order valence-corrected chi connectivity index (χ1v) is 16.4. The summed E-state index contributed by atoms with van der Waals surface area (Å²) in [5.41, 5.74) is 13.0. The number of aromatic nitrogens is 2. The number of carbonyl (C=O) groups excluding carboxylic acids is 4. The van der Waals surface area contributed by atoms with Crippen LogP contribution in [0.5, 0.6) is 0 Å². The lowest BCUT2D eigenvalue weighted by molar-refractivity contribution is -0.145. The van der Waals surface area contributed by atoms with Crippen molar-refractivity contribution in [1.29, 1.82) is 0 Å². The molecule has 1 aromatic heterocycles. The third-order valence-corrected chi connectivity index (χ3v) is 7.59. The van der Waals surface area contributed by atoms with E-state index >= 15 is 0 Å². The van der Waals surface area contributed by atoms with Crippen LogP contribution in [-0.4, -0.2) is 81.6 Å². The second kappa shape index (κ2) is 19.0. The van der Waals surface area contributed by atoms with Gasteiger partial charge in [-0.15, -0.1) is 0 Å². The van der Waals surface area contributed by atoms with E-state index < -0.39 is 53.6 Å². The Morgan fingerprint density at radius 1 is 1.06 bits per heavy atom. The molecule has 0 aliphatic carbocycles. The predicted molar refractivity (Wildman–Crippen MR) is 180 cm³/mol. The van der Waals surface area contributed by atoms with E-state index in [4.69, 9.17) is 20.9 Å². The Hall–Kier alpha value is -3.97. The van der Waals surface area contributed by atoms with Gasteiger partial charge in [0, 0.05) is 25.8 Å². The number of aromatic amines is 1. The first-order valence-electron chi connectivity index (χ1n) is 16.4. The van der Waals surface area contributed by atoms with E-state index in [9.17, 15) is 19.2 Å². The highest BCUT2D eigenvalue weighted by molar-refractivity contribution is 5.93. The van der Waals surface area contributed by atoms with Gasteiger partial charge in [-0.25, -0.2) is 9.78 Å². The van der Waals surface area contributed by atoms with Crippen molar-refractivity contribution in [2.75, 3.05) is 13.2 Å². The number of alkyl carbamates (subject to hydrolysis) is 1. The SMILES string of the molecule is CC[C@H](C)[C@@H](C(=O)N[C@H](Cc1c[nH]cn1)C(N)=O)N(C[C@H](CC(C)C)NC(=O)OC(C)(C)C)C(=O)[C@@H](N)CCOCc1ccccc1. The van der Waals surface area contributed by atoms with Gasteiger partial charge in [-0.1, -0.05) is 64.4 Å². The van der Waals surface area contributed by atoms with Gasteiger partial charge in [-0.3, -0.25) is 14.4 Å². The molecule has 47 heavy (non-hydrogen) atoms. The zero-order chi connectivity index (χ0) is 35.1. The molecule has 0 bridgehead atoms. The van der Waals surface area contributed by atoms with Crippen LogP contribution in [0.15, 0.2) is 42.9 Å². The fourth-order valence-corrected chi connectivity index (χ4v) is 5.13. The third-order valence-electron chi connectivity index (χ3n) is 7.59. The molecule has 0 aliphatic rings. The zero-order valence-electron chi connectivity index (χ0n) is 29.0. The van der Waals surface area contributed by atoms with Crippen molar-refractivity contribution in [3.63, 3.8) is 0 Å². The van der Waals surface area contributed by atoms with Crippen LogP contribution in [0.25, 0.3) is 0 Å². The minimum absolute atomic E-state index is 0.0160. The standard InChI is InChI=1S/C34H55N7O6/c1-8-23(4)29(31(43)40-28(30(36)42)17-25-18-37-21-38-25)41(19-26(16-22(2)3)39-33(45)47-34(5,6)7)32(44)27(35)14-15-46-20-24-12-10-9-11-13-24/h9-13,18,21-23,26-29H,8,14-17,19-20,35H2,1-7H3,(H2,36,42)(H,37,38)(H,39,45)(H,40,43)/t23-,26-,27-,28+,29-/m0/s1. The summed E-state index contributed by atoms with van der Waals surface area (Å²) in [4.78, 5) is 62.0. The molecule has 2 rings (SSSR count). The molecule has 0 aliphatic heterocycles. The summed E-state index contributed by atoms with van der Waals surface area (Å²) < 4.78 is 11.3. The van der Waals surface area contributed by atoms with E-state index in [1.165, 1.54) is 11.2 Å². The highest BCUT2D eigenvalue weighted by Gasteiger charge is 2.39. The molecular formula is C34H55N7O6. The largest absolute Gasteiger partial charge is 0.444 e. The molecule has 0 saturated carbocycles. The summed E-state index contributed by atoms with van der Waals surface area (Å²) in [6, 6.07) is 5.99. The Bertz CT molecular complexity index is 1250. The van der Waals surface area contributed by atoms with Gasteiger partial charge in [0.25, 0.3) is 0 Å². The number of nitrogens with two attached hydrogens (primary N) is 2. The molecule has 13 nitrogen and oxygen atoms in total. The van der Waals surface area contributed by atoms with E-state index in [2.05, 4.69) is 20.6 Å². The number of rotatable bonds is 19. The molecule has 0 radical (unpaired) electrons. The minimum atomic E-state index is -1.07. The summed E-state index contributed by atoms with van der Waals surface area (Å²) in [6.45, 7) is 13.6. The smallest absolute Gasteiger partial charge is 0.407 e. The highest BCUT2D eigenvalue weighted by atomic mass is 16.6. The Morgan fingerprint density at radius 3 is 2.30 bits per heavy atom. The van der Waals surface area contributed by atoms with E-state index in [0.29, 0.717) is 25.1 Å². The summed E-state index contributed by atoms with van der Waals surface area (Å²) in [6.07, 6.45) is 3.75. The van der Waals surface area contributed by atoms with Crippen LogP contribution in [0.3, 0.4) is 0 Å². The van der Waals surface area contributed by atoms with Crippen molar-refractivity contribution in [2.24, 2.45) is 23.3 Å². The molecular weight excluding hydrogens is 602 g/mol. The number of ether oxygens (including phenoxy) is 2. The van der Waals surface area contributed by atoms with Crippen molar-refractivity contribution < 1.29 is 28.7 Å². The zero-order valence-corrected chi connectivity index (χ0v) is 29.0. The number of benzene rings is 1. The maximum absolute atomic E-state index is 14.2. The normalized spacial score (nSPS) is 14.8. The van der Waals surface area contributed by atoms with Crippen LogP contribution < -0.4 is 22.1 Å². The lowest BCUT2D eigenvalue weighted by atomic mass is 9.93. The number of carbonyl (C=O) groups is 4. The topological polar surface area (TPSA) is 195 Å². The van der Waals surface area contributed by atoms with Crippen molar-refractivity contribution >= 4 is 23.8 Å². The number of primary amides is 1. The van der Waals surface area contributed by atoms with Gasteiger partial charge in [0.05, 0.1) is 30.7 Å². The lowest BCUT2D eigenvalue weighted by Gasteiger charge is -2.39. The van der Waals surface area contributed by atoms with Gasteiger partial charge in [-0.2, -0.15) is 0 Å². The molecule has 0 saturated heterocycles. The molecule has 1 aromatic carbocycles. The van der Waals surface area contributed by atoms with E-state index in [1.807, 2.05) is 58.0 Å². The molecule has 262 valence electrons. The second-order valence-electron chi connectivity index (χ2n) is 13.5. The molecule has 2 aromatic rings. The number of H-pyrrole nitrogens is 1. The van der Waals surface area contributed by atoms with Gasteiger partial charge < -0.3 is 41.5 Å². The van der Waals surface area contributed by atoms with Crippen molar-refractivity contribution in [3.05, 3.63) is 54.1 Å². The number of nitrogens with one attached hydrogen (secondary N) is 3. The molecule has 0 unspecified atom stereocenters. The van der Waals surface area contributed by atoms with Crippen LogP contribution >= 0.6 is 0 Å². The molecule has 4 amide bonds. The molecule has 0 spiro atoms. The van der Waals surface area contributed by atoms with Crippen LogP contribution in [0.1, 0.15) is 79.0 Å². The first kappa shape index (κ1) is 39.2. The Kier molecular flexibility index (Phi) is 15.8. The second-order valence-corrected chi connectivity index (χ2v) is 13.5. The summed E-state index contributed by atoms with van der Waals surface area (Å²) in [7, 11) is 0. The Balaban J connectivity index is 2.38. The van der Waals surface area contributed by atoms with Gasteiger partial charge in [0.2, 0.25) is 17.7 Å². The van der Waals surface area contributed by atoms with Crippen LogP contribution in [0.2, 0.25) is 0 Å². The summed E-state index contributed by atoms with van der Waals surface area (Å²) >= 11 is 0. The number of hydrogen-bond donors (Lipinski definition) is 5. The number of nitrogens with zero attached hydrogens (tertiary/aromatic N) is 2. The number of hydrogen-bond acceptors (Lipinski definition) is 8. The number of imidazole rings is 1. The van der Waals surface area contributed by atoms with E-state index in [-0.39, 0.29) is 37.8 Å². The van der Waals surface area contributed by atoms with E-state index in [0.717, 1.165) is 5.56 Å². The monoisotopic (exact) mass is 657 g/mol. The highest BCUT2D eigenvalue weighted by Crippen LogP contribution is 2.20. The maximum atomic E-state index is 14.2. The predicted octanol–water partition coefficient (Wildman–Crippen LogP) is 3.04. The molecule has 0 fully saturated rings. The van der Waals surface area contributed by atoms with Gasteiger partial charge >= 0.3 is 6.09 Å². The number of amides is 4. The van der Waals surface area contributed by atoms with Crippen molar-refractivity contribution in [2.45, 2.75) is 111 Å². The van der Waals surface area contributed by atoms with Crippen LogP contribution in [0.4, 0.5) is 4.79 Å². The average Bonchev–Trinajstić information content (AvgIpc) is 3.50. The van der Waals surface area contributed by atoms with Crippen LogP contribution in [0, 0.1) is 11.8 Å². The third kappa shape index (κ3) is 14.1. The van der Waals surface area contributed by atoms with Crippen molar-refractivity contribution in [1.82, 2.24) is 25.5 Å². The fraction of sp³-hybridized carbons (Fsp3) is 0.618. The lowest BCUT2D eigenvalue weighted by Crippen LogP contribution is -2.61. The van der Waals surface area contributed by atoms with Gasteiger partial charge in [0.15, 0.2) is 0 Å². The molecule has 5 atom stereocenters. The molecule has 13 heteroatoms. The van der Waals surface area contributed by atoms with Gasteiger partial charge in [0.1, 0.15) is 17.7 Å². The summed E-state index contributed by atoms with van der Waals surface area (Å²) in [5.74, 6) is -1.98. The molecule has 7 N–H and O–H groups in total. The van der Waals surface area contributed by atoms with Gasteiger partial charge in [-0.05, 0) is 51.0 Å². The summed E-state index contributed by atoms with van der Waals surface area (Å²) in [5, 5.41) is 5.66. The molecule has 1 heterocycles. The Labute approximate surface area is 278 Å². The first-order chi connectivity index (χ1) is 22.1. The fourth-order valence-electron chi connectivity index (χ4n) is 5.13. The average molecular weight is 658 g/mol. The van der Waals surface area contributed by atoms with Crippen LogP contribution in [-0.2, 0) is 36.9 Å².